The Morgan fingerprint density at radius 1 is 1.10 bits per heavy atom. The van der Waals surface area contributed by atoms with Crippen molar-refractivity contribution in [3.05, 3.63) is 42.5 Å². The van der Waals surface area contributed by atoms with E-state index in [1.807, 2.05) is 0 Å². The van der Waals surface area contributed by atoms with Crippen LogP contribution in [0.2, 0.25) is 0 Å². The Balaban J connectivity index is 1.83. The summed E-state index contributed by atoms with van der Waals surface area (Å²) in [7, 11) is 2.12. The minimum atomic E-state index is 0.390. The summed E-state index contributed by atoms with van der Waals surface area (Å²) >= 11 is 2.05. The van der Waals surface area contributed by atoms with Crippen molar-refractivity contribution in [1.82, 2.24) is 5.32 Å². The molecule has 1 aliphatic rings. The van der Waals surface area contributed by atoms with Gasteiger partial charge >= 0.3 is 0 Å². The molecule has 1 fully saturated rings. The van der Waals surface area contributed by atoms with Gasteiger partial charge < -0.3 is 5.32 Å². The van der Waals surface area contributed by atoms with Crippen molar-refractivity contribution in [1.29, 1.82) is 0 Å². The van der Waals surface area contributed by atoms with E-state index >= 15 is 0 Å². The van der Waals surface area contributed by atoms with E-state index in [9.17, 15) is 0 Å². The van der Waals surface area contributed by atoms with Crippen LogP contribution in [-0.4, -0.2) is 18.3 Å². The van der Waals surface area contributed by atoms with Gasteiger partial charge in [0, 0.05) is 16.2 Å². The van der Waals surface area contributed by atoms with Gasteiger partial charge in [-0.15, -0.1) is 11.8 Å². The molecule has 1 N–H and O–H groups in total. The second-order valence-corrected chi connectivity index (χ2v) is 8.13. The standard InChI is InChI=1S/C19H25NS/c1-19(2)12-6-9-17(18(19)20-3)21-16-11-10-14-7-4-5-8-15(14)13-16/h4-5,7-8,10-11,13,17-18,20H,6,9,12H2,1-3H3. The monoisotopic (exact) mass is 299 g/mol. The molecule has 112 valence electrons. The molecule has 0 bridgehead atoms. The average Bonchev–Trinajstić information content (AvgIpc) is 2.46. The highest BCUT2D eigenvalue weighted by molar-refractivity contribution is 8.00. The third kappa shape index (κ3) is 3.12. The van der Waals surface area contributed by atoms with E-state index in [1.54, 1.807) is 0 Å². The zero-order valence-corrected chi connectivity index (χ0v) is 14.0. The van der Waals surface area contributed by atoms with Gasteiger partial charge in [0.1, 0.15) is 0 Å². The van der Waals surface area contributed by atoms with Crippen molar-refractivity contribution in [2.75, 3.05) is 7.05 Å². The van der Waals surface area contributed by atoms with Gasteiger partial charge in [0.15, 0.2) is 0 Å². The Morgan fingerprint density at radius 3 is 2.62 bits per heavy atom. The van der Waals surface area contributed by atoms with Gasteiger partial charge in [-0.3, -0.25) is 0 Å². The number of hydrogen-bond acceptors (Lipinski definition) is 2. The maximum absolute atomic E-state index is 3.58. The van der Waals surface area contributed by atoms with E-state index in [-0.39, 0.29) is 0 Å². The van der Waals surface area contributed by atoms with Crippen LogP contribution < -0.4 is 5.32 Å². The summed E-state index contributed by atoms with van der Waals surface area (Å²) in [5.74, 6) is 0. The van der Waals surface area contributed by atoms with Gasteiger partial charge in [0.2, 0.25) is 0 Å². The normalized spacial score (nSPS) is 25.1. The maximum Gasteiger partial charge on any atom is 0.0253 e. The molecule has 0 aliphatic heterocycles. The molecule has 0 amide bonds. The fraction of sp³-hybridized carbons (Fsp3) is 0.474. The summed E-state index contributed by atoms with van der Waals surface area (Å²) in [5.41, 5.74) is 0.390. The maximum atomic E-state index is 3.58. The highest BCUT2D eigenvalue weighted by Gasteiger charge is 2.38. The fourth-order valence-corrected chi connectivity index (χ4v) is 5.32. The largest absolute Gasteiger partial charge is 0.315 e. The number of rotatable bonds is 3. The van der Waals surface area contributed by atoms with Crippen LogP contribution in [0.1, 0.15) is 33.1 Å². The first kappa shape index (κ1) is 14.9. The highest BCUT2D eigenvalue weighted by atomic mass is 32.2. The molecule has 1 saturated carbocycles. The zero-order valence-electron chi connectivity index (χ0n) is 13.2. The Bertz CT molecular complexity index is 620. The van der Waals surface area contributed by atoms with Crippen LogP contribution in [-0.2, 0) is 0 Å². The van der Waals surface area contributed by atoms with Crippen LogP contribution in [0.3, 0.4) is 0 Å². The first-order chi connectivity index (χ1) is 10.1. The van der Waals surface area contributed by atoms with E-state index in [2.05, 4.69) is 80.4 Å². The smallest absolute Gasteiger partial charge is 0.0253 e. The van der Waals surface area contributed by atoms with E-state index < -0.39 is 0 Å². The molecule has 0 spiro atoms. The van der Waals surface area contributed by atoms with Crippen molar-refractivity contribution in [2.45, 2.75) is 49.3 Å². The highest BCUT2D eigenvalue weighted by Crippen LogP contribution is 2.43. The van der Waals surface area contributed by atoms with E-state index in [0.717, 1.165) is 0 Å². The predicted molar refractivity (Wildman–Crippen MR) is 94.1 cm³/mol. The molecule has 2 atom stereocenters. The molecule has 2 heteroatoms. The van der Waals surface area contributed by atoms with Crippen LogP contribution in [0.4, 0.5) is 0 Å². The van der Waals surface area contributed by atoms with Crippen molar-refractivity contribution < 1.29 is 0 Å². The zero-order chi connectivity index (χ0) is 14.9. The number of nitrogens with one attached hydrogen (secondary N) is 1. The summed E-state index contributed by atoms with van der Waals surface area (Å²) < 4.78 is 0. The molecule has 1 nitrogen and oxygen atoms in total. The Kier molecular flexibility index (Phi) is 4.28. The molecule has 0 aromatic heterocycles. The van der Waals surface area contributed by atoms with Crippen molar-refractivity contribution >= 4 is 22.5 Å². The number of thioether (sulfide) groups is 1. The third-order valence-corrected chi connectivity index (χ3v) is 6.18. The first-order valence-electron chi connectivity index (χ1n) is 7.93. The quantitative estimate of drug-likeness (QED) is 0.846. The van der Waals surface area contributed by atoms with Gasteiger partial charge in [0.25, 0.3) is 0 Å². The summed E-state index contributed by atoms with van der Waals surface area (Å²) in [5, 5.41) is 6.92. The molecule has 0 heterocycles. The second-order valence-electron chi connectivity index (χ2n) is 6.81. The van der Waals surface area contributed by atoms with Gasteiger partial charge in [-0.05, 0) is 48.2 Å². The van der Waals surface area contributed by atoms with Crippen molar-refractivity contribution in [3.8, 4) is 0 Å². The Hall–Kier alpha value is -0.990. The van der Waals surface area contributed by atoms with Crippen LogP contribution in [0, 0.1) is 5.41 Å². The van der Waals surface area contributed by atoms with Crippen molar-refractivity contribution in [2.24, 2.45) is 5.41 Å². The molecule has 3 rings (SSSR count). The van der Waals surface area contributed by atoms with E-state index in [4.69, 9.17) is 0 Å². The van der Waals surface area contributed by atoms with Gasteiger partial charge in [-0.1, -0.05) is 50.6 Å². The minimum absolute atomic E-state index is 0.390. The van der Waals surface area contributed by atoms with Gasteiger partial charge in [-0.25, -0.2) is 0 Å². The molecule has 2 aromatic carbocycles. The molecule has 21 heavy (non-hydrogen) atoms. The SMILES string of the molecule is CNC1C(Sc2ccc3ccccc3c2)CCCC1(C)C. The lowest BCUT2D eigenvalue weighted by molar-refractivity contribution is 0.182. The number of hydrogen-bond donors (Lipinski definition) is 1. The molecule has 0 saturated heterocycles. The average molecular weight is 299 g/mol. The van der Waals surface area contributed by atoms with Crippen LogP contribution in [0.25, 0.3) is 10.8 Å². The molecule has 2 aromatic rings. The second kappa shape index (κ2) is 6.02. The minimum Gasteiger partial charge on any atom is -0.315 e. The van der Waals surface area contributed by atoms with Crippen molar-refractivity contribution in [3.63, 3.8) is 0 Å². The number of benzene rings is 2. The molecular weight excluding hydrogens is 274 g/mol. The lowest BCUT2D eigenvalue weighted by Crippen LogP contribution is -2.49. The summed E-state index contributed by atoms with van der Waals surface area (Å²) in [6.07, 6.45) is 3.98. The third-order valence-electron chi connectivity index (χ3n) is 4.84. The summed E-state index contributed by atoms with van der Waals surface area (Å²) in [4.78, 5) is 1.40. The molecule has 0 radical (unpaired) electrons. The first-order valence-corrected chi connectivity index (χ1v) is 8.81. The lowest BCUT2D eigenvalue weighted by atomic mass is 9.73. The van der Waals surface area contributed by atoms with Crippen LogP contribution >= 0.6 is 11.8 Å². The topological polar surface area (TPSA) is 12.0 Å². The van der Waals surface area contributed by atoms with E-state index in [1.165, 1.54) is 34.9 Å². The number of fused-ring (bicyclic) bond motifs is 1. The van der Waals surface area contributed by atoms with Crippen LogP contribution in [0.5, 0.6) is 0 Å². The molecule has 1 aliphatic carbocycles. The van der Waals surface area contributed by atoms with Gasteiger partial charge in [-0.2, -0.15) is 0 Å². The summed E-state index contributed by atoms with van der Waals surface area (Å²) in [6.45, 7) is 4.81. The van der Waals surface area contributed by atoms with Gasteiger partial charge in [0.05, 0.1) is 0 Å². The molecular formula is C19H25NS. The molecule has 2 unspecified atom stereocenters. The van der Waals surface area contributed by atoms with E-state index in [0.29, 0.717) is 16.7 Å². The predicted octanol–water partition coefficient (Wildman–Crippen LogP) is 5.10. The fourth-order valence-electron chi connectivity index (χ4n) is 3.70. The van der Waals surface area contributed by atoms with Crippen LogP contribution in [0.15, 0.2) is 47.4 Å². The Labute approximate surface area is 132 Å². The lowest BCUT2D eigenvalue weighted by Gasteiger charge is -2.43. The Morgan fingerprint density at radius 2 is 1.86 bits per heavy atom. The summed E-state index contributed by atoms with van der Waals surface area (Å²) in [6, 6.07) is 16.1.